The Morgan fingerprint density at radius 2 is 2.00 bits per heavy atom. The number of halogens is 1. The molecular formula is C15H18BrN3O. The van der Waals surface area contributed by atoms with Gasteiger partial charge in [-0.15, -0.1) is 0 Å². The molecule has 5 heteroatoms. The molecule has 0 bridgehead atoms. The summed E-state index contributed by atoms with van der Waals surface area (Å²) in [5.74, 6) is 0.639. The highest BCUT2D eigenvalue weighted by Crippen LogP contribution is 2.28. The van der Waals surface area contributed by atoms with Crippen molar-refractivity contribution < 1.29 is 0 Å². The largest absolute Gasteiger partial charge is 0.377 e. The molecule has 1 atom stereocenters. The predicted octanol–water partition coefficient (Wildman–Crippen LogP) is 3.63. The van der Waals surface area contributed by atoms with Crippen molar-refractivity contribution in [1.82, 2.24) is 9.97 Å². The van der Waals surface area contributed by atoms with Crippen LogP contribution in [0.15, 0.2) is 27.5 Å². The molecule has 4 nitrogen and oxygen atoms in total. The fraction of sp³-hybridized carbons (Fsp3) is 0.333. The number of nitrogens with one attached hydrogen (secondary N) is 2. The molecule has 0 saturated carbocycles. The van der Waals surface area contributed by atoms with Gasteiger partial charge in [0, 0.05) is 10.2 Å². The van der Waals surface area contributed by atoms with Crippen molar-refractivity contribution in [2.75, 3.05) is 5.32 Å². The molecule has 2 N–H and O–H groups in total. The van der Waals surface area contributed by atoms with Gasteiger partial charge in [-0.05, 0) is 55.3 Å². The normalized spacial score (nSPS) is 12.2. The quantitative estimate of drug-likeness (QED) is 0.900. The number of hydrogen-bond donors (Lipinski definition) is 2. The molecule has 0 saturated heterocycles. The van der Waals surface area contributed by atoms with Crippen LogP contribution in [0.25, 0.3) is 0 Å². The monoisotopic (exact) mass is 335 g/mol. The Morgan fingerprint density at radius 1 is 1.30 bits per heavy atom. The van der Waals surface area contributed by atoms with Crippen LogP contribution in [-0.4, -0.2) is 9.97 Å². The first kappa shape index (κ1) is 14.8. The van der Waals surface area contributed by atoms with Gasteiger partial charge in [-0.2, -0.15) is 0 Å². The summed E-state index contributed by atoms with van der Waals surface area (Å²) < 4.78 is 1.01. The summed E-state index contributed by atoms with van der Waals surface area (Å²) in [7, 11) is 0. The van der Waals surface area contributed by atoms with Crippen LogP contribution in [0.1, 0.15) is 35.6 Å². The highest BCUT2D eigenvalue weighted by molar-refractivity contribution is 9.10. The predicted molar refractivity (Wildman–Crippen MR) is 85.2 cm³/mol. The average molecular weight is 336 g/mol. The molecule has 0 aliphatic carbocycles. The van der Waals surface area contributed by atoms with Gasteiger partial charge >= 0.3 is 0 Å². The van der Waals surface area contributed by atoms with Gasteiger partial charge in [0.1, 0.15) is 5.82 Å². The van der Waals surface area contributed by atoms with Gasteiger partial charge in [0.15, 0.2) is 0 Å². The Morgan fingerprint density at radius 3 is 2.65 bits per heavy atom. The number of H-pyrrole nitrogens is 1. The minimum Gasteiger partial charge on any atom is -0.377 e. The second-order valence-corrected chi connectivity index (χ2v) is 5.75. The molecule has 1 heterocycles. The van der Waals surface area contributed by atoms with E-state index in [1.165, 1.54) is 0 Å². The Labute approximate surface area is 126 Å². The Hall–Kier alpha value is -1.62. The van der Waals surface area contributed by atoms with Gasteiger partial charge in [0.05, 0.1) is 17.3 Å². The zero-order valence-electron chi connectivity index (χ0n) is 12.0. The SMILES string of the molecule is Cc1nc(C)c(C(C)Nc2cccc(C)c2Br)c(=O)[nH]1. The Bertz CT molecular complexity index is 694. The van der Waals surface area contributed by atoms with E-state index in [9.17, 15) is 4.79 Å². The van der Waals surface area contributed by atoms with Crippen molar-refractivity contribution in [2.45, 2.75) is 33.7 Å². The van der Waals surface area contributed by atoms with Crippen LogP contribution in [0.4, 0.5) is 5.69 Å². The van der Waals surface area contributed by atoms with Crippen LogP contribution < -0.4 is 10.9 Å². The van der Waals surface area contributed by atoms with Gasteiger partial charge in [-0.1, -0.05) is 12.1 Å². The van der Waals surface area contributed by atoms with Crippen LogP contribution in [0, 0.1) is 20.8 Å². The number of rotatable bonds is 3. The minimum atomic E-state index is -0.120. The van der Waals surface area contributed by atoms with E-state index in [-0.39, 0.29) is 11.6 Å². The molecule has 0 fully saturated rings. The van der Waals surface area contributed by atoms with Gasteiger partial charge in [-0.3, -0.25) is 4.79 Å². The number of aromatic amines is 1. The summed E-state index contributed by atoms with van der Waals surface area (Å²) in [6.07, 6.45) is 0. The van der Waals surface area contributed by atoms with E-state index >= 15 is 0 Å². The summed E-state index contributed by atoms with van der Waals surface area (Å²) in [5, 5.41) is 3.36. The van der Waals surface area contributed by atoms with E-state index in [1.807, 2.05) is 39.0 Å². The molecule has 1 aromatic heterocycles. The first-order valence-corrected chi connectivity index (χ1v) is 7.28. The third kappa shape index (κ3) is 2.93. The van der Waals surface area contributed by atoms with Crippen molar-refractivity contribution >= 4 is 21.6 Å². The lowest BCUT2D eigenvalue weighted by Crippen LogP contribution is -2.23. The molecule has 20 heavy (non-hydrogen) atoms. The molecule has 1 unspecified atom stereocenters. The van der Waals surface area contributed by atoms with Crippen LogP contribution in [0.2, 0.25) is 0 Å². The summed E-state index contributed by atoms with van der Waals surface area (Å²) in [4.78, 5) is 19.2. The van der Waals surface area contributed by atoms with E-state index in [1.54, 1.807) is 6.92 Å². The van der Waals surface area contributed by atoms with Crippen molar-refractivity contribution in [3.63, 3.8) is 0 Å². The number of aryl methyl sites for hydroxylation is 3. The van der Waals surface area contributed by atoms with Crippen LogP contribution in [0.5, 0.6) is 0 Å². The molecule has 2 aromatic rings. The summed E-state index contributed by atoms with van der Waals surface area (Å²) in [6.45, 7) is 7.64. The standard InChI is InChI=1S/C15H18BrN3O/c1-8-6-5-7-12(14(8)16)18-10(3)13-9(2)17-11(4)19-15(13)20/h5-7,10,18H,1-4H3,(H,17,19,20). The Kier molecular flexibility index (Phi) is 4.28. The molecule has 2 rings (SSSR count). The number of aromatic nitrogens is 2. The maximum atomic E-state index is 12.1. The first-order chi connectivity index (χ1) is 9.40. The van der Waals surface area contributed by atoms with Crippen molar-refractivity contribution in [1.29, 1.82) is 0 Å². The van der Waals surface area contributed by atoms with Crippen molar-refractivity contribution in [3.05, 3.63) is 55.7 Å². The van der Waals surface area contributed by atoms with Crippen molar-refractivity contribution in [2.24, 2.45) is 0 Å². The van der Waals surface area contributed by atoms with Gasteiger partial charge in [0.25, 0.3) is 5.56 Å². The first-order valence-electron chi connectivity index (χ1n) is 6.49. The van der Waals surface area contributed by atoms with E-state index < -0.39 is 0 Å². The average Bonchev–Trinajstić information content (AvgIpc) is 2.33. The number of hydrogen-bond acceptors (Lipinski definition) is 3. The smallest absolute Gasteiger partial charge is 0.256 e. The fourth-order valence-corrected chi connectivity index (χ4v) is 2.69. The molecule has 0 aliphatic heterocycles. The minimum absolute atomic E-state index is 0.0845. The molecule has 0 amide bonds. The third-order valence-corrected chi connectivity index (χ3v) is 4.31. The summed E-state index contributed by atoms with van der Waals surface area (Å²) >= 11 is 3.57. The number of anilines is 1. The molecule has 0 aliphatic rings. The lowest BCUT2D eigenvalue weighted by atomic mass is 10.1. The van der Waals surface area contributed by atoms with Gasteiger partial charge in [0.2, 0.25) is 0 Å². The van der Waals surface area contributed by atoms with Crippen LogP contribution >= 0.6 is 15.9 Å². The maximum absolute atomic E-state index is 12.1. The van der Waals surface area contributed by atoms with E-state index in [0.717, 1.165) is 21.4 Å². The summed E-state index contributed by atoms with van der Waals surface area (Å²) in [6, 6.07) is 5.88. The van der Waals surface area contributed by atoms with Crippen LogP contribution in [-0.2, 0) is 0 Å². The van der Waals surface area contributed by atoms with Gasteiger partial charge < -0.3 is 10.3 Å². The Balaban J connectivity index is 2.36. The highest BCUT2D eigenvalue weighted by Gasteiger charge is 2.15. The zero-order valence-corrected chi connectivity index (χ0v) is 13.6. The van der Waals surface area contributed by atoms with E-state index in [0.29, 0.717) is 11.4 Å². The second kappa shape index (κ2) is 5.79. The number of nitrogens with zero attached hydrogens (tertiary/aromatic N) is 1. The lowest BCUT2D eigenvalue weighted by molar-refractivity contribution is 0.813. The van der Waals surface area contributed by atoms with E-state index in [2.05, 4.69) is 31.2 Å². The lowest BCUT2D eigenvalue weighted by Gasteiger charge is -2.18. The summed E-state index contributed by atoms with van der Waals surface area (Å²) in [5.41, 5.74) is 3.46. The van der Waals surface area contributed by atoms with E-state index in [4.69, 9.17) is 0 Å². The van der Waals surface area contributed by atoms with Crippen molar-refractivity contribution in [3.8, 4) is 0 Å². The highest BCUT2D eigenvalue weighted by atomic mass is 79.9. The number of benzene rings is 1. The fourth-order valence-electron chi connectivity index (χ4n) is 2.31. The topological polar surface area (TPSA) is 57.8 Å². The molecule has 1 aromatic carbocycles. The molecule has 0 spiro atoms. The molecular weight excluding hydrogens is 318 g/mol. The van der Waals surface area contributed by atoms with Crippen LogP contribution in [0.3, 0.4) is 0 Å². The molecule has 106 valence electrons. The van der Waals surface area contributed by atoms with Gasteiger partial charge in [-0.25, -0.2) is 4.98 Å². The second-order valence-electron chi connectivity index (χ2n) is 4.95. The zero-order chi connectivity index (χ0) is 14.9. The third-order valence-electron chi connectivity index (χ3n) is 3.26. The molecule has 0 radical (unpaired) electrons. The maximum Gasteiger partial charge on any atom is 0.256 e.